The van der Waals surface area contributed by atoms with E-state index in [1.54, 1.807) is 6.07 Å². The number of carbonyl (C=O) groups excluding carboxylic acids is 1. The zero-order valence-electron chi connectivity index (χ0n) is 10.9. The lowest BCUT2D eigenvalue weighted by Crippen LogP contribution is -2.47. The van der Waals surface area contributed by atoms with E-state index in [0.717, 1.165) is 10.2 Å². The fraction of sp³-hybridized carbons (Fsp3) is 0.462. The van der Waals surface area contributed by atoms with Crippen molar-refractivity contribution in [1.29, 1.82) is 0 Å². The topological polar surface area (TPSA) is 54.5 Å². The lowest BCUT2D eigenvalue weighted by molar-refractivity contribution is 0.101. The third-order valence-electron chi connectivity index (χ3n) is 3.32. The summed E-state index contributed by atoms with van der Waals surface area (Å²) in [6, 6.07) is 5.36. The van der Waals surface area contributed by atoms with Gasteiger partial charge in [0, 0.05) is 28.3 Å². The van der Waals surface area contributed by atoms with Crippen LogP contribution in [0.2, 0.25) is 0 Å². The molecule has 0 aliphatic carbocycles. The Kier molecular flexibility index (Phi) is 4.01. The van der Waals surface area contributed by atoms with Gasteiger partial charge in [0.25, 0.3) is 0 Å². The Morgan fingerprint density at radius 1 is 1.42 bits per heavy atom. The molecule has 1 atom stereocenters. The molecule has 0 radical (unpaired) electrons. The minimum atomic E-state index is -2.95. The quantitative estimate of drug-likeness (QED) is 0.771. The molecule has 1 aromatic carbocycles. The van der Waals surface area contributed by atoms with Gasteiger partial charge in [-0.3, -0.25) is 4.79 Å². The first-order valence-electron chi connectivity index (χ1n) is 6.08. The summed E-state index contributed by atoms with van der Waals surface area (Å²) in [6.07, 6.45) is 0. The zero-order chi connectivity index (χ0) is 14.2. The smallest absolute Gasteiger partial charge is 0.161 e. The number of benzene rings is 1. The van der Waals surface area contributed by atoms with Crippen LogP contribution in [0, 0.1) is 0 Å². The Labute approximate surface area is 121 Å². The molecule has 0 N–H and O–H groups in total. The van der Waals surface area contributed by atoms with Crippen molar-refractivity contribution in [3.63, 3.8) is 0 Å². The molecule has 1 fully saturated rings. The molecule has 104 valence electrons. The standard InChI is InChI=1S/C13H16BrNO3S/c1-9-8-19(17,18)6-5-15(9)13-7-11(14)3-4-12(13)10(2)16/h3-4,7,9H,5-6,8H2,1-2H3. The number of nitrogens with zero attached hydrogens (tertiary/aromatic N) is 1. The molecule has 0 amide bonds. The molecule has 1 heterocycles. The molecule has 1 saturated heterocycles. The Balaban J connectivity index is 2.42. The number of Topliss-reactive ketones (excluding diaryl/α,β-unsaturated/α-hetero) is 1. The van der Waals surface area contributed by atoms with Crippen LogP contribution in [0.15, 0.2) is 22.7 Å². The van der Waals surface area contributed by atoms with Gasteiger partial charge in [0.1, 0.15) is 0 Å². The van der Waals surface area contributed by atoms with Gasteiger partial charge < -0.3 is 4.90 Å². The van der Waals surface area contributed by atoms with Crippen LogP contribution in [-0.2, 0) is 9.84 Å². The van der Waals surface area contributed by atoms with Crippen LogP contribution in [0.4, 0.5) is 5.69 Å². The first kappa shape index (κ1) is 14.5. The monoisotopic (exact) mass is 345 g/mol. The van der Waals surface area contributed by atoms with Gasteiger partial charge in [-0.2, -0.15) is 0 Å². The van der Waals surface area contributed by atoms with E-state index >= 15 is 0 Å². The second-order valence-corrected chi connectivity index (χ2v) is 8.02. The first-order valence-corrected chi connectivity index (χ1v) is 8.69. The van der Waals surface area contributed by atoms with Crippen molar-refractivity contribution in [2.24, 2.45) is 0 Å². The van der Waals surface area contributed by atoms with E-state index in [0.29, 0.717) is 12.1 Å². The number of ketones is 1. The van der Waals surface area contributed by atoms with Crippen LogP contribution >= 0.6 is 15.9 Å². The van der Waals surface area contributed by atoms with Crippen LogP contribution in [0.3, 0.4) is 0 Å². The van der Waals surface area contributed by atoms with E-state index in [1.165, 1.54) is 6.92 Å². The summed E-state index contributed by atoms with van der Waals surface area (Å²) in [5.74, 6) is 0.265. The zero-order valence-corrected chi connectivity index (χ0v) is 13.3. The average Bonchev–Trinajstić information content (AvgIpc) is 2.27. The highest BCUT2D eigenvalue weighted by molar-refractivity contribution is 9.10. The van der Waals surface area contributed by atoms with E-state index < -0.39 is 9.84 Å². The summed E-state index contributed by atoms with van der Waals surface area (Å²) in [5.41, 5.74) is 1.44. The van der Waals surface area contributed by atoms with Gasteiger partial charge in [0.2, 0.25) is 0 Å². The fourth-order valence-corrected chi connectivity index (χ4v) is 4.30. The molecule has 19 heavy (non-hydrogen) atoms. The molecule has 1 aromatic rings. The minimum absolute atomic E-state index is 0.0110. The first-order chi connectivity index (χ1) is 8.80. The third-order valence-corrected chi connectivity index (χ3v) is 5.61. The second kappa shape index (κ2) is 5.25. The van der Waals surface area contributed by atoms with Crippen LogP contribution in [0.1, 0.15) is 24.2 Å². The molecular formula is C13H16BrNO3S. The van der Waals surface area contributed by atoms with Gasteiger partial charge >= 0.3 is 0 Å². The van der Waals surface area contributed by atoms with Gasteiger partial charge in [0.15, 0.2) is 15.6 Å². The predicted molar refractivity (Wildman–Crippen MR) is 79.6 cm³/mol. The largest absolute Gasteiger partial charge is 0.366 e. The number of halogens is 1. The number of hydrogen-bond donors (Lipinski definition) is 0. The molecule has 1 unspecified atom stereocenters. The van der Waals surface area contributed by atoms with Crippen molar-refractivity contribution >= 4 is 37.2 Å². The summed E-state index contributed by atoms with van der Waals surface area (Å²) in [7, 11) is -2.95. The number of carbonyl (C=O) groups is 1. The molecule has 0 spiro atoms. The molecule has 1 aliphatic rings. The van der Waals surface area contributed by atoms with Gasteiger partial charge in [-0.05, 0) is 32.0 Å². The highest BCUT2D eigenvalue weighted by atomic mass is 79.9. The third kappa shape index (κ3) is 3.17. The number of hydrogen-bond acceptors (Lipinski definition) is 4. The Morgan fingerprint density at radius 2 is 2.11 bits per heavy atom. The highest BCUT2D eigenvalue weighted by Gasteiger charge is 2.29. The van der Waals surface area contributed by atoms with E-state index in [1.807, 2.05) is 24.0 Å². The van der Waals surface area contributed by atoms with Crippen LogP contribution < -0.4 is 4.90 Å². The number of rotatable bonds is 2. The summed E-state index contributed by atoms with van der Waals surface area (Å²) in [4.78, 5) is 13.7. The lowest BCUT2D eigenvalue weighted by Gasteiger charge is -2.36. The van der Waals surface area contributed by atoms with E-state index in [4.69, 9.17) is 0 Å². The normalized spacial score (nSPS) is 22.3. The van der Waals surface area contributed by atoms with E-state index in [9.17, 15) is 13.2 Å². The SMILES string of the molecule is CC(=O)c1ccc(Br)cc1N1CCS(=O)(=O)CC1C. The molecule has 0 saturated carbocycles. The van der Waals surface area contributed by atoms with Gasteiger partial charge in [-0.1, -0.05) is 15.9 Å². The van der Waals surface area contributed by atoms with Crippen molar-refractivity contribution < 1.29 is 13.2 Å². The Morgan fingerprint density at radius 3 is 2.68 bits per heavy atom. The maximum Gasteiger partial charge on any atom is 0.161 e. The molecule has 0 bridgehead atoms. The number of anilines is 1. The summed E-state index contributed by atoms with van der Waals surface area (Å²) >= 11 is 3.40. The van der Waals surface area contributed by atoms with Crippen molar-refractivity contribution in [3.05, 3.63) is 28.2 Å². The summed E-state index contributed by atoms with van der Waals surface area (Å²) < 4.78 is 24.1. The summed E-state index contributed by atoms with van der Waals surface area (Å²) in [6.45, 7) is 3.83. The molecule has 2 rings (SSSR count). The Bertz CT molecular complexity index is 612. The van der Waals surface area contributed by atoms with E-state index in [2.05, 4.69) is 15.9 Å². The van der Waals surface area contributed by atoms with Crippen molar-refractivity contribution in [1.82, 2.24) is 0 Å². The van der Waals surface area contributed by atoms with Gasteiger partial charge in [0.05, 0.1) is 11.5 Å². The number of sulfone groups is 1. The molecule has 6 heteroatoms. The molecule has 4 nitrogen and oxygen atoms in total. The van der Waals surface area contributed by atoms with Gasteiger partial charge in [-0.25, -0.2) is 8.42 Å². The van der Waals surface area contributed by atoms with Crippen LogP contribution in [-0.4, -0.2) is 38.3 Å². The maximum absolute atomic E-state index is 11.7. The van der Waals surface area contributed by atoms with E-state index in [-0.39, 0.29) is 23.3 Å². The van der Waals surface area contributed by atoms with Gasteiger partial charge in [-0.15, -0.1) is 0 Å². The minimum Gasteiger partial charge on any atom is -0.366 e. The maximum atomic E-state index is 11.7. The molecule has 0 aromatic heterocycles. The molecular weight excluding hydrogens is 330 g/mol. The van der Waals surface area contributed by atoms with Crippen molar-refractivity contribution in [3.8, 4) is 0 Å². The lowest BCUT2D eigenvalue weighted by atomic mass is 10.1. The molecule has 1 aliphatic heterocycles. The Hall–Kier alpha value is -0.880. The van der Waals surface area contributed by atoms with Crippen LogP contribution in [0.25, 0.3) is 0 Å². The average molecular weight is 346 g/mol. The summed E-state index contributed by atoms with van der Waals surface area (Å²) in [5, 5.41) is 0. The highest BCUT2D eigenvalue weighted by Crippen LogP contribution is 2.29. The fourth-order valence-electron chi connectivity index (χ4n) is 2.40. The van der Waals surface area contributed by atoms with Crippen molar-refractivity contribution in [2.75, 3.05) is 23.0 Å². The van der Waals surface area contributed by atoms with Crippen LogP contribution in [0.5, 0.6) is 0 Å². The second-order valence-electron chi connectivity index (χ2n) is 4.87. The predicted octanol–water partition coefficient (Wildman–Crippen LogP) is 2.28. The van der Waals surface area contributed by atoms with Crippen molar-refractivity contribution in [2.45, 2.75) is 19.9 Å².